The Labute approximate surface area is 99.6 Å². The highest BCUT2D eigenvalue weighted by Crippen LogP contribution is 2.17. The summed E-state index contributed by atoms with van der Waals surface area (Å²) >= 11 is 1.33. The molecule has 0 amide bonds. The van der Waals surface area contributed by atoms with E-state index in [9.17, 15) is 4.79 Å². The molecule has 0 fully saturated rings. The van der Waals surface area contributed by atoms with E-state index in [1.54, 1.807) is 0 Å². The minimum absolute atomic E-state index is 0.239. The highest BCUT2D eigenvalue weighted by Gasteiger charge is 2.15. The third kappa shape index (κ3) is 3.44. The number of anilines is 1. The summed E-state index contributed by atoms with van der Waals surface area (Å²) in [5, 5.41) is 0.795. The van der Waals surface area contributed by atoms with Crippen LogP contribution in [0.4, 0.5) is 5.13 Å². The van der Waals surface area contributed by atoms with Gasteiger partial charge in [0.05, 0.1) is 7.11 Å². The Morgan fingerprint density at radius 3 is 2.75 bits per heavy atom. The first kappa shape index (κ1) is 12.9. The summed E-state index contributed by atoms with van der Waals surface area (Å²) in [5.74, 6) is 0.577. The number of ether oxygens (including phenoxy) is 1. The van der Waals surface area contributed by atoms with Gasteiger partial charge in [-0.2, -0.15) is 4.37 Å². The molecular formula is C10H17N3O2S. The summed E-state index contributed by atoms with van der Waals surface area (Å²) in [6.45, 7) is 5.10. The van der Waals surface area contributed by atoms with Gasteiger partial charge in [-0.15, -0.1) is 0 Å². The minimum Gasteiger partial charge on any atom is -0.468 e. The molecule has 0 bridgehead atoms. The lowest BCUT2D eigenvalue weighted by molar-refractivity contribution is -0.138. The molecule has 16 heavy (non-hydrogen) atoms. The highest BCUT2D eigenvalue weighted by atomic mass is 32.1. The van der Waals surface area contributed by atoms with Crippen molar-refractivity contribution in [3.8, 4) is 0 Å². The van der Waals surface area contributed by atoms with Crippen LogP contribution in [0.25, 0.3) is 0 Å². The maximum absolute atomic E-state index is 11.2. The van der Waals surface area contributed by atoms with E-state index in [-0.39, 0.29) is 12.5 Å². The van der Waals surface area contributed by atoms with E-state index in [0.717, 1.165) is 30.3 Å². The molecular weight excluding hydrogens is 226 g/mol. The first-order valence-electron chi connectivity index (χ1n) is 5.35. The maximum Gasteiger partial charge on any atom is 0.325 e. The number of nitrogens with zero attached hydrogens (tertiary/aromatic N) is 3. The molecule has 0 atom stereocenters. The van der Waals surface area contributed by atoms with Crippen molar-refractivity contribution in [1.82, 2.24) is 9.36 Å². The first-order valence-corrected chi connectivity index (χ1v) is 6.12. The molecule has 0 aliphatic heterocycles. The van der Waals surface area contributed by atoms with Gasteiger partial charge in [-0.25, -0.2) is 4.98 Å². The van der Waals surface area contributed by atoms with Gasteiger partial charge in [0.15, 0.2) is 0 Å². The standard InChI is InChI=1S/C10H17N3O2S/c1-4-6-13(7-9(14)15-3)10-11-8(5-2)12-16-10/h4-7H2,1-3H3. The predicted molar refractivity (Wildman–Crippen MR) is 63.8 cm³/mol. The molecule has 0 saturated carbocycles. The number of methoxy groups -OCH3 is 1. The molecule has 0 spiro atoms. The molecule has 6 heteroatoms. The second kappa shape index (κ2) is 6.42. The third-order valence-electron chi connectivity index (χ3n) is 2.09. The zero-order valence-corrected chi connectivity index (χ0v) is 10.7. The van der Waals surface area contributed by atoms with Crippen LogP contribution in [-0.4, -0.2) is 35.5 Å². The van der Waals surface area contributed by atoms with E-state index in [0.29, 0.717) is 0 Å². The lowest BCUT2D eigenvalue weighted by Gasteiger charge is -2.18. The monoisotopic (exact) mass is 243 g/mol. The van der Waals surface area contributed by atoms with Gasteiger partial charge in [0.25, 0.3) is 0 Å². The number of hydrogen-bond donors (Lipinski definition) is 0. The van der Waals surface area contributed by atoms with Crippen molar-refractivity contribution >= 4 is 22.6 Å². The van der Waals surface area contributed by atoms with E-state index in [1.807, 2.05) is 11.8 Å². The number of aromatic nitrogens is 2. The van der Waals surface area contributed by atoms with Crippen molar-refractivity contribution in [3.05, 3.63) is 5.82 Å². The molecule has 0 radical (unpaired) electrons. The lowest BCUT2D eigenvalue weighted by atomic mass is 10.4. The van der Waals surface area contributed by atoms with Crippen molar-refractivity contribution < 1.29 is 9.53 Å². The van der Waals surface area contributed by atoms with Crippen LogP contribution < -0.4 is 4.90 Å². The Morgan fingerprint density at radius 2 is 2.25 bits per heavy atom. The molecule has 0 aromatic carbocycles. The van der Waals surface area contributed by atoms with E-state index in [1.165, 1.54) is 18.6 Å². The van der Waals surface area contributed by atoms with Crippen LogP contribution in [0.15, 0.2) is 0 Å². The quantitative estimate of drug-likeness (QED) is 0.708. The average Bonchev–Trinajstić information content (AvgIpc) is 2.76. The summed E-state index contributed by atoms with van der Waals surface area (Å²) in [7, 11) is 1.39. The topological polar surface area (TPSA) is 55.3 Å². The van der Waals surface area contributed by atoms with Gasteiger partial charge in [-0.05, 0) is 6.42 Å². The molecule has 0 unspecified atom stereocenters. The van der Waals surface area contributed by atoms with Crippen molar-refractivity contribution in [2.24, 2.45) is 0 Å². The maximum atomic E-state index is 11.2. The van der Waals surface area contributed by atoms with E-state index >= 15 is 0 Å². The van der Waals surface area contributed by atoms with Crippen LogP contribution in [0.5, 0.6) is 0 Å². The molecule has 1 rings (SSSR count). The smallest absolute Gasteiger partial charge is 0.325 e. The molecule has 1 aromatic rings. The SMILES string of the molecule is CCCN(CC(=O)OC)c1nc(CC)ns1. The van der Waals surface area contributed by atoms with Crippen LogP contribution >= 0.6 is 11.5 Å². The highest BCUT2D eigenvalue weighted by molar-refractivity contribution is 7.09. The van der Waals surface area contributed by atoms with Gasteiger partial charge in [0.2, 0.25) is 5.13 Å². The number of aryl methyl sites for hydroxylation is 1. The van der Waals surface area contributed by atoms with Crippen LogP contribution in [-0.2, 0) is 16.0 Å². The fourth-order valence-corrected chi connectivity index (χ4v) is 2.02. The zero-order chi connectivity index (χ0) is 12.0. The van der Waals surface area contributed by atoms with Crippen molar-refractivity contribution in [2.45, 2.75) is 26.7 Å². The van der Waals surface area contributed by atoms with Gasteiger partial charge < -0.3 is 9.64 Å². The van der Waals surface area contributed by atoms with Crippen LogP contribution in [0.2, 0.25) is 0 Å². The number of carbonyl (C=O) groups is 1. The molecule has 5 nitrogen and oxygen atoms in total. The van der Waals surface area contributed by atoms with Gasteiger partial charge in [-0.3, -0.25) is 4.79 Å². The molecule has 0 saturated heterocycles. The Bertz CT molecular complexity index is 341. The number of rotatable bonds is 6. The molecule has 0 aliphatic rings. The third-order valence-corrected chi connectivity index (χ3v) is 2.90. The summed E-state index contributed by atoms with van der Waals surface area (Å²) in [6, 6.07) is 0. The Morgan fingerprint density at radius 1 is 1.50 bits per heavy atom. The number of carbonyl (C=O) groups excluding carboxylic acids is 1. The fourth-order valence-electron chi connectivity index (χ4n) is 1.25. The molecule has 0 aliphatic carbocycles. The largest absolute Gasteiger partial charge is 0.468 e. The van der Waals surface area contributed by atoms with E-state index in [4.69, 9.17) is 0 Å². The lowest BCUT2D eigenvalue weighted by Crippen LogP contribution is -2.31. The molecule has 1 heterocycles. The van der Waals surface area contributed by atoms with Gasteiger partial charge in [0.1, 0.15) is 12.4 Å². The first-order chi connectivity index (χ1) is 7.71. The van der Waals surface area contributed by atoms with Gasteiger partial charge in [-0.1, -0.05) is 13.8 Å². The summed E-state index contributed by atoms with van der Waals surface area (Å²) in [4.78, 5) is 17.5. The minimum atomic E-state index is -0.248. The normalized spacial score (nSPS) is 10.2. The molecule has 1 aromatic heterocycles. The summed E-state index contributed by atoms with van der Waals surface area (Å²) in [6.07, 6.45) is 1.77. The second-order valence-corrected chi connectivity index (χ2v) is 4.07. The molecule has 90 valence electrons. The van der Waals surface area contributed by atoms with Crippen LogP contribution in [0.3, 0.4) is 0 Å². The summed E-state index contributed by atoms with van der Waals surface area (Å²) in [5.41, 5.74) is 0. The van der Waals surface area contributed by atoms with Crippen molar-refractivity contribution in [1.29, 1.82) is 0 Å². The summed E-state index contributed by atoms with van der Waals surface area (Å²) < 4.78 is 8.87. The van der Waals surface area contributed by atoms with Gasteiger partial charge >= 0.3 is 5.97 Å². The Hall–Kier alpha value is -1.17. The van der Waals surface area contributed by atoms with Crippen molar-refractivity contribution in [3.63, 3.8) is 0 Å². The Kier molecular flexibility index (Phi) is 5.18. The van der Waals surface area contributed by atoms with Crippen molar-refractivity contribution in [2.75, 3.05) is 25.1 Å². The number of hydrogen-bond acceptors (Lipinski definition) is 6. The van der Waals surface area contributed by atoms with Crippen LogP contribution in [0.1, 0.15) is 26.1 Å². The zero-order valence-electron chi connectivity index (χ0n) is 9.89. The van der Waals surface area contributed by atoms with Crippen LogP contribution in [0, 0.1) is 0 Å². The van der Waals surface area contributed by atoms with E-state index in [2.05, 4.69) is 21.0 Å². The Balaban J connectivity index is 2.71. The van der Waals surface area contributed by atoms with Gasteiger partial charge in [0, 0.05) is 24.5 Å². The predicted octanol–water partition coefficient (Wildman–Crippen LogP) is 1.49. The average molecular weight is 243 g/mol. The fraction of sp³-hybridized carbons (Fsp3) is 0.700. The number of esters is 1. The van der Waals surface area contributed by atoms with E-state index < -0.39 is 0 Å². The molecule has 0 N–H and O–H groups in total. The second-order valence-electron chi connectivity index (χ2n) is 3.34.